The number of hydrogen-bond acceptors (Lipinski definition) is 3. The first kappa shape index (κ1) is 16.2. The van der Waals surface area contributed by atoms with E-state index in [4.69, 9.17) is 0 Å². The monoisotopic (exact) mass is 297 g/mol. The minimum absolute atomic E-state index is 0.0931. The van der Waals surface area contributed by atoms with E-state index in [2.05, 4.69) is 10.2 Å². The normalized spacial score (nSPS) is 19.8. The average molecular weight is 297 g/mol. The van der Waals surface area contributed by atoms with Crippen molar-refractivity contribution in [3.63, 3.8) is 0 Å². The molecule has 21 heavy (non-hydrogen) atoms. The molecule has 0 radical (unpaired) electrons. The zero-order valence-corrected chi connectivity index (χ0v) is 13.1. The van der Waals surface area contributed by atoms with Crippen LogP contribution in [0.25, 0.3) is 0 Å². The van der Waals surface area contributed by atoms with Crippen LogP contribution >= 0.6 is 0 Å². The molecule has 1 aliphatic heterocycles. The highest BCUT2D eigenvalue weighted by atomic mass is 19.1. The molecule has 1 heterocycles. The van der Waals surface area contributed by atoms with Crippen LogP contribution in [-0.4, -0.2) is 44.7 Å². The van der Waals surface area contributed by atoms with Crippen LogP contribution in [0.2, 0.25) is 0 Å². The molecule has 0 aromatic heterocycles. The van der Waals surface area contributed by atoms with E-state index >= 15 is 0 Å². The summed E-state index contributed by atoms with van der Waals surface area (Å²) < 4.78 is 28.6. The molecular weight excluding hydrogens is 272 g/mol. The van der Waals surface area contributed by atoms with Crippen LogP contribution in [0.3, 0.4) is 0 Å². The number of likely N-dealkylation sites (tertiary alicyclic amines) is 1. The van der Waals surface area contributed by atoms with Crippen molar-refractivity contribution >= 4 is 5.69 Å². The van der Waals surface area contributed by atoms with E-state index in [-0.39, 0.29) is 11.7 Å². The van der Waals surface area contributed by atoms with E-state index < -0.39 is 11.6 Å². The predicted octanol–water partition coefficient (Wildman–Crippen LogP) is 2.60. The molecule has 0 bridgehead atoms. The number of likely N-dealkylation sites (N-methyl/N-ethyl adjacent to an activating group) is 2. The summed E-state index contributed by atoms with van der Waals surface area (Å²) in [5.74, 6) is -0.947. The van der Waals surface area contributed by atoms with E-state index in [1.807, 2.05) is 14.0 Å². The second kappa shape index (κ2) is 7.18. The van der Waals surface area contributed by atoms with Crippen molar-refractivity contribution in [3.05, 3.63) is 29.3 Å². The highest BCUT2D eigenvalue weighted by molar-refractivity contribution is 5.51. The molecule has 118 valence electrons. The molecule has 1 aliphatic rings. The number of halogens is 2. The zero-order valence-electron chi connectivity index (χ0n) is 13.1. The van der Waals surface area contributed by atoms with E-state index in [1.165, 1.54) is 12.1 Å². The molecular formula is C16H25F2N3. The van der Waals surface area contributed by atoms with E-state index in [0.717, 1.165) is 32.5 Å². The summed E-state index contributed by atoms with van der Waals surface area (Å²) in [5, 5.41) is 3.08. The zero-order chi connectivity index (χ0) is 15.4. The number of anilines is 1. The van der Waals surface area contributed by atoms with Gasteiger partial charge in [-0.1, -0.05) is 6.92 Å². The van der Waals surface area contributed by atoms with Gasteiger partial charge < -0.3 is 15.1 Å². The van der Waals surface area contributed by atoms with Gasteiger partial charge >= 0.3 is 0 Å². The molecule has 0 spiro atoms. The Bertz CT molecular complexity index is 456. The Kier molecular flexibility index (Phi) is 5.53. The summed E-state index contributed by atoms with van der Waals surface area (Å²) in [6.07, 6.45) is 2.03. The van der Waals surface area contributed by atoms with Crippen molar-refractivity contribution in [2.45, 2.75) is 32.4 Å². The molecule has 1 fully saturated rings. The third-order valence-electron chi connectivity index (χ3n) is 4.16. The number of hydrogen-bond donors (Lipinski definition) is 1. The lowest BCUT2D eigenvalue weighted by Gasteiger charge is -2.37. The standard InChI is InChI=1S/C16H25F2N3/c1-4-19-10-12-8-14(17)16(15(18)9-12)21(3)13-6-5-7-20(2)11-13/h8-9,13,19H,4-7,10-11H2,1-3H3. The summed E-state index contributed by atoms with van der Waals surface area (Å²) in [6, 6.07) is 3.03. The van der Waals surface area contributed by atoms with Crippen LogP contribution in [0.15, 0.2) is 12.1 Å². The predicted molar refractivity (Wildman–Crippen MR) is 82.7 cm³/mol. The second-order valence-corrected chi connectivity index (χ2v) is 5.86. The Balaban J connectivity index is 2.18. The molecule has 2 rings (SSSR count). The van der Waals surface area contributed by atoms with Crippen LogP contribution in [0, 0.1) is 11.6 Å². The molecule has 1 saturated heterocycles. The van der Waals surface area contributed by atoms with Gasteiger partial charge in [-0.05, 0) is 50.7 Å². The van der Waals surface area contributed by atoms with Crippen molar-refractivity contribution in [2.75, 3.05) is 38.6 Å². The third kappa shape index (κ3) is 3.92. The van der Waals surface area contributed by atoms with Gasteiger partial charge in [-0.3, -0.25) is 0 Å². The van der Waals surface area contributed by atoms with Gasteiger partial charge in [0.05, 0.1) is 0 Å². The highest BCUT2D eigenvalue weighted by Gasteiger charge is 2.25. The summed E-state index contributed by atoms with van der Waals surface area (Å²) in [7, 11) is 3.83. The lowest BCUT2D eigenvalue weighted by Crippen LogP contribution is -2.45. The lowest BCUT2D eigenvalue weighted by molar-refractivity contribution is 0.247. The van der Waals surface area contributed by atoms with Crippen LogP contribution in [0.1, 0.15) is 25.3 Å². The lowest BCUT2D eigenvalue weighted by atomic mass is 10.0. The van der Waals surface area contributed by atoms with Crippen LogP contribution in [0.5, 0.6) is 0 Å². The molecule has 1 unspecified atom stereocenters. The topological polar surface area (TPSA) is 18.5 Å². The minimum Gasteiger partial charge on any atom is -0.366 e. The Morgan fingerprint density at radius 3 is 2.57 bits per heavy atom. The SMILES string of the molecule is CCNCc1cc(F)c(N(C)C2CCCN(C)C2)c(F)c1. The Morgan fingerprint density at radius 2 is 2.00 bits per heavy atom. The molecule has 1 aromatic carbocycles. The van der Waals surface area contributed by atoms with Crippen molar-refractivity contribution in [2.24, 2.45) is 0 Å². The Hall–Kier alpha value is -1.20. The fourth-order valence-electron chi connectivity index (χ4n) is 2.96. The summed E-state index contributed by atoms with van der Waals surface area (Å²) in [5.41, 5.74) is 0.736. The van der Waals surface area contributed by atoms with Gasteiger partial charge in [-0.15, -0.1) is 0 Å². The maximum absolute atomic E-state index is 14.3. The molecule has 1 N–H and O–H groups in total. The Labute approximate surface area is 125 Å². The molecule has 0 saturated carbocycles. The van der Waals surface area contributed by atoms with Crippen LogP contribution < -0.4 is 10.2 Å². The fraction of sp³-hybridized carbons (Fsp3) is 0.625. The minimum atomic E-state index is -0.473. The molecule has 1 atom stereocenters. The van der Waals surface area contributed by atoms with Crippen LogP contribution in [-0.2, 0) is 6.54 Å². The van der Waals surface area contributed by atoms with E-state index in [9.17, 15) is 8.78 Å². The Morgan fingerprint density at radius 1 is 1.33 bits per heavy atom. The van der Waals surface area contributed by atoms with Crippen molar-refractivity contribution in [1.82, 2.24) is 10.2 Å². The summed E-state index contributed by atoms with van der Waals surface area (Å²) in [4.78, 5) is 3.97. The number of nitrogens with one attached hydrogen (secondary N) is 1. The van der Waals surface area contributed by atoms with Crippen molar-refractivity contribution in [3.8, 4) is 0 Å². The average Bonchev–Trinajstić information content (AvgIpc) is 2.44. The highest BCUT2D eigenvalue weighted by Crippen LogP contribution is 2.28. The number of piperidine rings is 1. The first-order valence-electron chi connectivity index (χ1n) is 7.63. The van der Waals surface area contributed by atoms with Gasteiger partial charge in [0.2, 0.25) is 0 Å². The number of rotatable bonds is 5. The molecule has 3 nitrogen and oxygen atoms in total. The van der Waals surface area contributed by atoms with E-state index in [1.54, 1.807) is 11.9 Å². The second-order valence-electron chi connectivity index (χ2n) is 5.86. The first-order chi connectivity index (χ1) is 10.0. The van der Waals surface area contributed by atoms with Gasteiger partial charge in [0, 0.05) is 26.2 Å². The van der Waals surface area contributed by atoms with Gasteiger partial charge in [-0.25, -0.2) is 8.78 Å². The maximum Gasteiger partial charge on any atom is 0.149 e. The molecule has 0 aliphatic carbocycles. The first-order valence-corrected chi connectivity index (χ1v) is 7.63. The van der Waals surface area contributed by atoms with Gasteiger partial charge in [0.25, 0.3) is 0 Å². The van der Waals surface area contributed by atoms with Crippen molar-refractivity contribution in [1.29, 1.82) is 0 Å². The number of benzene rings is 1. The van der Waals surface area contributed by atoms with Gasteiger partial charge in [0.15, 0.2) is 0 Å². The van der Waals surface area contributed by atoms with Gasteiger partial charge in [-0.2, -0.15) is 0 Å². The van der Waals surface area contributed by atoms with Gasteiger partial charge in [0.1, 0.15) is 17.3 Å². The molecule has 5 heteroatoms. The van der Waals surface area contributed by atoms with Crippen LogP contribution in [0.4, 0.5) is 14.5 Å². The maximum atomic E-state index is 14.3. The van der Waals surface area contributed by atoms with E-state index in [0.29, 0.717) is 12.1 Å². The number of nitrogens with zero attached hydrogens (tertiary/aromatic N) is 2. The summed E-state index contributed by atoms with van der Waals surface area (Å²) >= 11 is 0. The smallest absolute Gasteiger partial charge is 0.149 e. The quantitative estimate of drug-likeness (QED) is 0.901. The fourth-order valence-corrected chi connectivity index (χ4v) is 2.96. The molecule has 1 aromatic rings. The van der Waals surface area contributed by atoms with Crippen molar-refractivity contribution < 1.29 is 8.78 Å². The third-order valence-corrected chi connectivity index (χ3v) is 4.16. The summed E-state index contributed by atoms with van der Waals surface area (Å²) in [6.45, 7) is 5.12. The molecule has 0 amide bonds. The largest absolute Gasteiger partial charge is 0.366 e.